The zero-order valence-electron chi connectivity index (χ0n) is 14.9. The molecular formula is C20H8Br3Cl5O3. The Balaban J connectivity index is 1.73. The molecule has 0 unspecified atom stereocenters. The van der Waals surface area contributed by atoms with Crippen molar-refractivity contribution >= 4 is 112 Å². The average Bonchev–Trinajstić information content (AvgIpc) is 2.73. The minimum atomic E-state index is -0.691. The van der Waals surface area contributed by atoms with E-state index in [-0.39, 0.29) is 43.0 Å². The van der Waals surface area contributed by atoms with Gasteiger partial charge in [-0.25, -0.2) is 4.79 Å². The van der Waals surface area contributed by atoms with Crippen molar-refractivity contribution in [1.29, 1.82) is 0 Å². The molecule has 0 amide bonds. The number of benzene rings is 3. The van der Waals surface area contributed by atoms with Crippen molar-refractivity contribution in [3.8, 4) is 11.5 Å². The molecule has 0 saturated carbocycles. The number of halogens is 8. The number of hydrogen-bond acceptors (Lipinski definition) is 3. The fourth-order valence-electron chi connectivity index (χ4n) is 2.39. The first-order chi connectivity index (χ1) is 14.6. The van der Waals surface area contributed by atoms with Crippen LogP contribution in [0.2, 0.25) is 25.1 Å². The third-order valence-corrected chi connectivity index (χ3v) is 7.78. The minimum absolute atomic E-state index is 0.0217. The van der Waals surface area contributed by atoms with Gasteiger partial charge in [-0.15, -0.1) is 0 Å². The summed E-state index contributed by atoms with van der Waals surface area (Å²) in [5.41, 5.74) is 1.11. The molecule has 0 aliphatic carbocycles. The molecule has 3 rings (SSSR count). The Morgan fingerprint density at radius 3 is 1.74 bits per heavy atom. The molecule has 0 aromatic heterocycles. The summed E-state index contributed by atoms with van der Waals surface area (Å²) in [6.45, 7) is 0.286. The van der Waals surface area contributed by atoms with Crippen molar-refractivity contribution in [3.63, 3.8) is 0 Å². The Morgan fingerprint density at radius 2 is 1.23 bits per heavy atom. The van der Waals surface area contributed by atoms with Gasteiger partial charge in [0.2, 0.25) is 0 Å². The lowest BCUT2D eigenvalue weighted by molar-refractivity contribution is 0.0735. The topological polar surface area (TPSA) is 35.5 Å². The molecule has 0 atom stereocenters. The lowest BCUT2D eigenvalue weighted by Gasteiger charge is -2.13. The monoisotopic (exact) mass is 708 g/mol. The van der Waals surface area contributed by atoms with Crippen molar-refractivity contribution in [2.24, 2.45) is 0 Å². The van der Waals surface area contributed by atoms with Gasteiger partial charge in [0.05, 0.1) is 29.6 Å². The van der Waals surface area contributed by atoms with Crippen LogP contribution in [0.5, 0.6) is 11.5 Å². The Morgan fingerprint density at radius 1 is 0.742 bits per heavy atom. The normalized spacial score (nSPS) is 10.8. The van der Waals surface area contributed by atoms with E-state index in [0.717, 1.165) is 19.0 Å². The highest BCUT2D eigenvalue weighted by molar-refractivity contribution is 9.11. The predicted molar refractivity (Wildman–Crippen MR) is 137 cm³/mol. The van der Waals surface area contributed by atoms with Crippen LogP contribution in [0.4, 0.5) is 0 Å². The molecule has 0 aliphatic heterocycles. The second-order valence-electron chi connectivity index (χ2n) is 5.97. The molecule has 0 fully saturated rings. The third kappa shape index (κ3) is 5.85. The molecule has 0 radical (unpaired) electrons. The SMILES string of the molecule is O=C(Oc1c(Cl)c(Cl)c(Cl)c(Cl)c1Cl)c1ccc(COc2c(Br)cc(Br)cc2Br)cc1. The van der Waals surface area contributed by atoms with Gasteiger partial charge >= 0.3 is 5.97 Å². The summed E-state index contributed by atoms with van der Waals surface area (Å²) >= 11 is 40.5. The van der Waals surface area contributed by atoms with E-state index in [9.17, 15) is 4.79 Å². The first-order valence-electron chi connectivity index (χ1n) is 8.20. The molecule has 0 heterocycles. The summed E-state index contributed by atoms with van der Waals surface area (Å²) in [6, 6.07) is 10.4. The molecule has 0 aliphatic rings. The molecule has 162 valence electrons. The Labute approximate surface area is 228 Å². The van der Waals surface area contributed by atoms with Gasteiger partial charge in [-0.05, 0) is 61.7 Å². The Hall–Kier alpha value is -0.180. The summed E-state index contributed by atoms with van der Waals surface area (Å²) in [7, 11) is 0. The molecule has 31 heavy (non-hydrogen) atoms. The van der Waals surface area contributed by atoms with Crippen LogP contribution in [0.15, 0.2) is 49.8 Å². The minimum Gasteiger partial charge on any atom is -0.487 e. The number of carbonyl (C=O) groups is 1. The van der Waals surface area contributed by atoms with Gasteiger partial charge in [0.15, 0.2) is 5.75 Å². The largest absolute Gasteiger partial charge is 0.487 e. The molecular weight excluding hydrogens is 705 g/mol. The molecule has 0 N–H and O–H groups in total. The number of hydrogen-bond donors (Lipinski definition) is 0. The van der Waals surface area contributed by atoms with Crippen LogP contribution in [-0.4, -0.2) is 5.97 Å². The van der Waals surface area contributed by atoms with E-state index in [1.807, 2.05) is 12.1 Å². The summed E-state index contributed by atoms with van der Waals surface area (Å²) in [4.78, 5) is 12.5. The van der Waals surface area contributed by atoms with Gasteiger partial charge in [-0.3, -0.25) is 0 Å². The maximum absolute atomic E-state index is 12.5. The Kier molecular flexibility index (Phi) is 8.89. The van der Waals surface area contributed by atoms with E-state index >= 15 is 0 Å². The van der Waals surface area contributed by atoms with Gasteiger partial charge in [0.25, 0.3) is 0 Å². The average molecular weight is 713 g/mol. The lowest BCUT2D eigenvalue weighted by Crippen LogP contribution is -2.10. The fraction of sp³-hybridized carbons (Fsp3) is 0.0500. The van der Waals surface area contributed by atoms with Crippen molar-refractivity contribution in [2.45, 2.75) is 6.61 Å². The van der Waals surface area contributed by atoms with Gasteiger partial charge in [-0.1, -0.05) is 86.1 Å². The predicted octanol–water partition coefficient (Wildman–Crippen LogP) is 10.0. The second kappa shape index (κ2) is 10.8. The molecule has 11 heteroatoms. The molecule has 0 saturated heterocycles. The van der Waals surface area contributed by atoms with Crippen LogP contribution < -0.4 is 9.47 Å². The summed E-state index contributed by atoms with van der Waals surface area (Å²) in [5, 5.41) is -0.349. The lowest BCUT2D eigenvalue weighted by atomic mass is 10.1. The van der Waals surface area contributed by atoms with E-state index in [1.165, 1.54) is 0 Å². The maximum Gasteiger partial charge on any atom is 0.343 e. The maximum atomic E-state index is 12.5. The van der Waals surface area contributed by atoms with E-state index < -0.39 is 5.97 Å². The van der Waals surface area contributed by atoms with Crippen molar-refractivity contribution in [2.75, 3.05) is 0 Å². The zero-order valence-corrected chi connectivity index (χ0v) is 23.5. The zero-order chi connectivity index (χ0) is 22.9. The van der Waals surface area contributed by atoms with Gasteiger partial charge in [0.1, 0.15) is 22.4 Å². The van der Waals surface area contributed by atoms with Crippen molar-refractivity contribution in [3.05, 3.63) is 86.1 Å². The summed E-state index contributed by atoms with van der Waals surface area (Å²) in [6.07, 6.45) is 0. The smallest absolute Gasteiger partial charge is 0.343 e. The number of carbonyl (C=O) groups excluding carboxylic acids is 1. The highest BCUT2D eigenvalue weighted by Crippen LogP contribution is 2.48. The molecule has 3 aromatic carbocycles. The van der Waals surface area contributed by atoms with Crippen LogP contribution in [0.1, 0.15) is 15.9 Å². The number of esters is 1. The van der Waals surface area contributed by atoms with E-state index in [2.05, 4.69) is 47.8 Å². The molecule has 0 spiro atoms. The van der Waals surface area contributed by atoms with Crippen LogP contribution in [0.3, 0.4) is 0 Å². The number of ether oxygens (including phenoxy) is 2. The van der Waals surface area contributed by atoms with E-state index in [1.54, 1.807) is 24.3 Å². The quantitative estimate of drug-likeness (QED) is 0.114. The van der Waals surface area contributed by atoms with Gasteiger partial charge in [0, 0.05) is 4.47 Å². The van der Waals surface area contributed by atoms with Crippen LogP contribution in [0.25, 0.3) is 0 Å². The standard InChI is InChI=1S/C20H8Br3Cl5O3/c21-10-5-11(22)18(12(23)6-10)30-7-8-1-3-9(4-2-8)20(29)31-19-16(27)14(25)13(24)15(26)17(19)28/h1-6H,7H2. The molecule has 0 bridgehead atoms. The number of rotatable bonds is 5. The third-order valence-electron chi connectivity index (χ3n) is 3.90. The van der Waals surface area contributed by atoms with Crippen LogP contribution in [0, 0.1) is 0 Å². The van der Waals surface area contributed by atoms with Crippen LogP contribution >= 0.6 is 106 Å². The molecule has 3 nitrogen and oxygen atoms in total. The summed E-state index contributed by atoms with van der Waals surface area (Å²) in [5.74, 6) is -0.193. The highest BCUT2D eigenvalue weighted by atomic mass is 79.9. The van der Waals surface area contributed by atoms with E-state index in [0.29, 0.717) is 5.75 Å². The second-order valence-corrected chi connectivity index (χ2v) is 10.5. The fourth-order valence-corrected chi connectivity index (χ4v) is 6.07. The summed E-state index contributed by atoms with van der Waals surface area (Å²) < 4.78 is 13.7. The first kappa shape index (κ1) is 25.4. The van der Waals surface area contributed by atoms with Gasteiger partial charge < -0.3 is 9.47 Å². The van der Waals surface area contributed by atoms with Crippen molar-refractivity contribution in [1.82, 2.24) is 0 Å². The van der Waals surface area contributed by atoms with Gasteiger partial charge in [-0.2, -0.15) is 0 Å². The highest BCUT2D eigenvalue weighted by Gasteiger charge is 2.23. The van der Waals surface area contributed by atoms with Crippen molar-refractivity contribution < 1.29 is 14.3 Å². The van der Waals surface area contributed by atoms with E-state index in [4.69, 9.17) is 67.5 Å². The first-order valence-corrected chi connectivity index (χ1v) is 12.5. The molecule has 3 aromatic rings. The van der Waals surface area contributed by atoms with Crippen LogP contribution in [-0.2, 0) is 6.61 Å². The Bertz CT molecular complexity index is 1120.